The van der Waals surface area contributed by atoms with Crippen LogP contribution in [0, 0.1) is 19.8 Å². The Labute approximate surface area is 81.0 Å². The van der Waals surface area contributed by atoms with Gasteiger partial charge < -0.3 is 0 Å². The average molecular weight is 174 g/mol. The minimum atomic E-state index is 0.758. The lowest BCUT2D eigenvalue weighted by molar-refractivity contribution is 0.531. The maximum Gasteiger partial charge on any atom is -0.0159 e. The second-order valence-electron chi connectivity index (χ2n) is 4.62. The molecule has 70 valence electrons. The van der Waals surface area contributed by atoms with Crippen LogP contribution in [0.1, 0.15) is 42.0 Å². The lowest BCUT2D eigenvalue weighted by Gasteiger charge is -2.10. The first-order chi connectivity index (χ1) is 6.09. The van der Waals surface area contributed by atoms with Crippen molar-refractivity contribution in [2.75, 3.05) is 0 Å². The van der Waals surface area contributed by atoms with Gasteiger partial charge in [-0.1, -0.05) is 31.5 Å². The Morgan fingerprint density at radius 3 is 2.54 bits per heavy atom. The van der Waals surface area contributed by atoms with Crippen molar-refractivity contribution < 1.29 is 0 Å². The number of aryl methyl sites for hydroxylation is 2. The highest BCUT2D eigenvalue weighted by atomic mass is 14.3. The molecule has 0 radical (unpaired) electrons. The smallest absolute Gasteiger partial charge is 0.0159 e. The van der Waals surface area contributed by atoms with Crippen LogP contribution in [0.2, 0.25) is 0 Å². The van der Waals surface area contributed by atoms with Gasteiger partial charge in [0.25, 0.3) is 0 Å². The number of fused-ring (bicyclic) bond motifs is 1. The SMILES string of the molecule is Cc1cc(C)c2c(c1)C(C)C(C)C2. The van der Waals surface area contributed by atoms with Crippen LogP contribution in [-0.2, 0) is 6.42 Å². The molecule has 0 spiro atoms. The molecule has 0 saturated heterocycles. The average Bonchev–Trinajstić information content (AvgIpc) is 2.32. The molecule has 0 nitrogen and oxygen atoms in total. The second-order valence-corrected chi connectivity index (χ2v) is 4.62. The zero-order valence-corrected chi connectivity index (χ0v) is 9.02. The van der Waals surface area contributed by atoms with Gasteiger partial charge in [0.15, 0.2) is 0 Å². The molecule has 13 heavy (non-hydrogen) atoms. The maximum absolute atomic E-state index is 2.37. The molecule has 0 heterocycles. The second kappa shape index (κ2) is 2.87. The van der Waals surface area contributed by atoms with E-state index in [-0.39, 0.29) is 0 Å². The Kier molecular flexibility index (Phi) is 1.94. The molecule has 2 atom stereocenters. The van der Waals surface area contributed by atoms with Crippen molar-refractivity contribution in [3.05, 3.63) is 34.4 Å². The first kappa shape index (κ1) is 8.80. The summed E-state index contributed by atoms with van der Waals surface area (Å²) in [6.45, 7) is 9.16. The number of hydrogen-bond acceptors (Lipinski definition) is 0. The van der Waals surface area contributed by atoms with E-state index in [1.165, 1.54) is 17.5 Å². The summed E-state index contributed by atoms with van der Waals surface area (Å²) in [5.41, 5.74) is 6.12. The largest absolute Gasteiger partial charge is 0.0616 e. The molecule has 1 aliphatic rings. The van der Waals surface area contributed by atoms with E-state index in [1.807, 2.05) is 0 Å². The molecule has 2 rings (SSSR count). The Morgan fingerprint density at radius 2 is 1.85 bits per heavy atom. The molecule has 0 amide bonds. The quantitative estimate of drug-likeness (QED) is 0.563. The third-order valence-corrected chi connectivity index (χ3v) is 3.52. The fraction of sp³-hybridized carbons (Fsp3) is 0.538. The van der Waals surface area contributed by atoms with Gasteiger partial charge in [-0.25, -0.2) is 0 Å². The Balaban J connectivity index is 2.57. The predicted octanol–water partition coefficient (Wildman–Crippen LogP) is 3.60. The number of hydrogen-bond donors (Lipinski definition) is 0. The highest BCUT2D eigenvalue weighted by Crippen LogP contribution is 2.39. The minimum absolute atomic E-state index is 0.758. The van der Waals surface area contributed by atoms with Gasteiger partial charge in [0.1, 0.15) is 0 Å². The van der Waals surface area contributed by atoms with Crippen LogP contribution in [0.4, 0.5) is 0 Å². The first-order valence-electron chi connectivity index (χ1n) is 5.19. The van der Waals surface area contributed by atoms with Crippen LogP contribution in [0.15, 0.2) is 12.1 Å². The topological polar surface area (TPSA) is 0 Å². The molecule has 1 aliphatic carbocycles. The Hall–Kier alpha value is -0.780. The molecule has 0 heteroatoms. The van der Waals surface area contributed by atoms with Gasteiger partial charge in [-0.05, 0) is 48.8 Å². The van der Waals surface area contributed by atoms with Crippen LogP contribution in [-0.4, -0.2) is 0 Å². The highest BCUT2D eigenvalue weighted by molar-refractivity contribution is 5.43. The summed E-state index contributed by atoms with van der Waals surface area (Å²) < 4.78 is 0. The van der Waals surface area contributed by atoms with Crippen LogP contribution >= 0.6 is 0 Å². The molecule has 0 bridgehead atoms. The van der Waals surface area contributed by atoms with Crippen molar-refractivity contribution in [3.8, 4) is 0 Å². The lowest BCUT2D eigenvalue weighted by Crippen LogP contribution is -1.97. The maximum atomic E-state index is 2.37. The molecule has 0 aliphatic heterocycles. The fourth-order valence-corrected chi connectivity index (χ4v) is 2.52. The third kappa shape index (κ3) is 1.29. The fourth-order valence-electron chi connectivity index (χ4n) is 2.52. The van der Waals surface area contributed by atoms with E-state index in [2.05, 4.69) is 39.8 Å². The Bertz CT molecular complexity index is 336. The molecular formula is C13H18. The van der Waals surface area contributed by atoms with Crippen molar-refractivity contribution in [3.63, 3.8) is 0 Å². The monoisotopic (exact) mass is 174 g/mol. The highest BCUT2D eigenvalue weighted by Gasteiger charge is 2.26. The molecule has 1 aromatic carbocycles. The van der Waals surface area contributed by atoms with Crippen LogP contribution in [0.3, 0.4) is 0 Å². The van der Waals surface area contributed by atoms with Gasteiger partial charge in [0, 0.05) is 0 Å². The zero-order chi connectivity index (χ0) is 9.59. The summed E-state index contributed by atoms with van der Waals surface area (Å²) in [4.78, 5) is 0. The normalized spacial score (nSPS) is 26.2. The molecular weight excluding hydrogens is 156 g/mol. The molecule has 0 fully saturated rings. The molecule has 0 saturated carbocycles. The van der Waals surface area contributed by atoms with Gasteiger partial charge in [-0.3, -0.25) is 0 Å². The van der Waals surface area contributed by atoms with E-state index in [4.69, 9.17) is 0 Å². The van der Waals surface area contributed by atoms with Crippen LogP contribution in [0.5, 0.6) is 0 Å². The standard InChI is InChI=1S/C13H18/c1-8-5-10(3)12-7-9(2)11(4)13(12)6-8/h5-6,9,11H,7H2,1-4H3. The van der Waals surface area contributed by atoms with Crippen LogP contribution in [0.25, 0.3) is 0 Å². The number of benzene rings is 1. The van der Waals surface area contributed by atoms with Gasteiger partial charge >= 0.3 is 0 Å². The van der Waals surface area contributed by atoms with E-state index >= 15 is 0 Å². The predicted molar refractivity (Wildman–Crippen MR) is 57.2 cm³/mol. The van der Waals surface area contributed by atoms with Gasteiger partial charge in [-0.15, -0.1) is 0 Å². The molecule has 0 aromatic heterocycles. The van der Waals surface area contributed by atoms with Gasteiger partial charge in [-0.2, -0.15) is 0 Å². The summed E-state index contributed by atoms with van der Waals surface area (Å²) in [5.74, 6) is 1.59. The lowest BCUT2D eigenvalue weighted by atomic mass is 9.95. The molecule has 2 unspecified atom stereocenters. The minimum Gasteiger partial charge on any atom is -0.0616 e. The van der Waals surface area contributed by atoms with Crippen molar-refractivity contribution in [2.45, 2.75) is 40.0 Å². The van der Waals surface area contributed by atoms with Crippen LogP contribution < -0.4 is 0 Å². The van der Waals surface area contributed by atoms with Crippen molar-refractivity contribution >= 4 is 0 Å². The van der Waals surface area contributed by atoms with E-state index < -0.39 is 0 Å². The molecule has 0 N–H and O–H groups in total. The summed E-state index contributed by atoms with van der Waals surface area (Å²) in [5, 5.41) is 0. The van der Waals surface area contributed by atoms with E-state index in [1.54, 1.807) is 11.1 Å². The summed E-state index contributed by atoms with van der Waals surface area (Å²) in [7, 11) is 0. The van der Waals surface area contributed by atoms with Crippen molar-refractivity contribution in [1.82, 2.24) is 0 Å². The van der Waals surface area contributed by atoms with Gasteiger partial charge in [0.2, 0.25) is 0 Å². The first-order valence-corrected chi connectivity index (χ1v) is 5.19. The summed E-state index contributed by atoms with van der Waals surface area (Å²) >= 11 is 0. The zero-order valence-electron chi connectivity index (χ0n) is 9.02. The van der Waals surface area contributed by atoms with E-state index in [9.17, 15) is 0 Å². The van der Waals surface area contributed by atoms with Crippen molar-refractivity contribution in [2.24, 2.45) is 5.92 Å². The summed E-state index contributed by atoms with van der Waals surface area (Å²) in [6, 6.07) is 4.68. The van der Waals surface area contributed by atoms with E-state index in [0.717, 1.165) is 11.8 Å². The third-order valence-electron chi connectivity index (χ3n) is 3.52. The van der Waals surface area contributed by atoms with Crippen molar-refractivity contribution in [1.29, 1.82) is 0 Å². The molecule has 1 aromatic rings. The Morgan fingerprint density at radius 1 is 1.15 bits per heavy atom. The van der Waals surface area contributed by atoms with E-state index in [0.29, 0.717) is 0 Å². The number of rotatable bonds is 0. The summed E-state index contributed by atoms with van der Waals surface area (Å²) in [6.07, 6.45) is 1.28. The van der Waals surface area contributed by atoms with Gasteiger partial charge in [0.05, 0.1) is 0 Å².